The Morgan fingerprint density at radius 1 is 0.500 bits per heavy atom. The number of rotatable bonds is 4. The van der Waals surface area contributed by atoms with Crippen molar-refractivity contribution in [2.45, 2.75) is 12.8 Å². The fourth-order valence-corrected chi connectivity index (χ4v) is 9.88. The zero-order valence-electron chi connectivity index (χ0n) is 29.0. The van der Waals surface area contributed by atoms with E-state index >= 15 is 0 Å². The van der Waals surface area contributed by atoms with Crippen LogP contribution >= 0.6 is 11.3 Å². The number of nitrogens with zero attached hydrogens (tertiary/aromatic N) is 3. The van der Waals surface area contributed by atoms with Gasteiger partial charge in [-0.3, -0.25) is 0 Å². The van der Waals surface area contributed by atoms with Gasteiger partial charge >= 0.3 is 0 Å². The van der Waals surface area contributed by atoms with Crippen molar-refractivity contribution in [2.24, 2.45) is 0 Å². The Kier molecular flexibility index (Phi) is 6.30. The predicted octanol–water partition coefficient (Wildman–Crippen LogP) is 13.3. The van der Waals surface area contributed by atoms with Crippen molar-refractivity contribution in [1.82, 2.24) is 15.0 Å². The fourth-order valence-electron chi connectivity index (χ4n) is 8.75. The van der Waals surface area contributed by atoms with Crippen molar-refractivity contribution in [1.29, 1.82) is 0 Å². The van der Waals surface area contributed by atoms with E-state index in [1.54, 1.807) is 11.3 Å². The molecule has 5 heteroatoms. The smallest absolute Gasteiger partial charge is 0.164 e. The van der Waals surface area contributed by atoms with E-state index in [9.17, 15) is 0 Å². The Morgan fingerprint density at radius 3 is 2.20 bits per heavy atom. The summed E-state index contributed by atoms with van der Waals surface area (Å²) in [5.74, 6) is 1.90. The zero-order valence-corrected chi connectivity index (χ0v) is 29.8. The molecule has 0 bridgehead atoms. The molecule has 0 fully saturated rings. The van der Waals surface area contributed by atoms with E-state index in [1.807, 2.05) is 30.3 Å². The van der Waals surface area contributed by atoms with Gasteiger partial charge in [0.05, 0.1) is 0 Å². The Balaban J connectivity index is 1.09. The molecule has 2 aliphatic rings. The van der Waals surface area contributed by atoms with E-state index in [4.69, 9.17) is 19.4 Å². The third-order valence-corrected chi connectivity index (χ3v) is 12.3. The van der Waals surface area contributed by atoms with Gasteiger partial charge in [-0.2, -0.15) is 0 Å². The average molecular weight is 708 g/mol. The quantitative estimate of drug-likeness (QED) is 0.183. The number of benzene rings is 7. The van der Waals surface area contributed by atoms with Crippen LogP contribution in [0.1, 0.15) is 23.1 Å². The second-order valence-electron chi connectivity index (χ2n) is 14.2. The summed E-state index contributed by atoms with van der Waals surface area (Å²) in [6, 6.07) is 47.2. The lowest BCUT2D eigenvalue weighted by atomic mass is 9.80. The largest absolute Gasteiger partial charge is 0.456 e. The van der Waals surface area contributed by atoms with Crippen LogP contribution in [-0.2, 0) is 6.42 Å². The molecule has 7 aromatic carbocycles. The molecule has 0 radical (unpaired) electrons. The van der Waals surface area contributed by atoms with Crippen LogP contribution in [0.25, 0.3) is 110 Å². The Labute approximate surface area is 314 Å². The summed E-state index contributed by atoms with van der Waals surface area (Å²) >= 11 is 1.80. The molecule has 252 valence electrons. The molecule has 0 saturated carbocycles. The topological polar surface area (TPSA) is 51.8 Å². The van der Waals surface area contributed by atoms with Crippen molar-refractivity contribution in [3.8, 4) is 45.3 Å². The summed E-state index contributed by atoms with van der Waals surface area (Å²) in [4.78, 5) is 15.6. The summed E-state index contributed by atoms with van der Waals surface area (Å²) < 4.78 is 9.01. The molecule has 0 aliphatic heterocycles. The van der Waals surface area contributed by atoms with Crippen LogP contribution in [0.2, 0.25) is 0 Å². The van der Waals surface area contributed by atoms with E-state index < -0.39 is 0 Å². The maximum atomic E-state index is 6.55. The highest BCUT2D eigenvalue weighted by molar-refractivity contribution is 7.25. The number of hydrogen-bond donors (Lipinski definition) is 0. The van der Waals surface area contributed by atoms with Gasteiger partial charge in [0.1, 0.15) is 11.2 Å². The summed E-state index contributed by atoms with van der Waals surface area (Å²) in [5.41, 5.74) is 12.4. The molecule has 12 rings (SSSR count). The Bertz CT molecular complexity index is 3280. The van der Waals surface area contributed by atoms with Crippen LogP contribution < -0.4 is 0 Å². The van der Waals surface area contributed by atoms with Crippen molar-refractivity contribution >= 4 is 75.9 Å². The highest BCUT2D eigenvalue weighted by Crippen LogP contribution is 2.45. The van der Waals surface area contributed by atoms with Gasteiger partial charge in [0.2, 0.25) is 0 Å². The molecule has 0 atom stereocenters. The van der Waals surface area contributed by atoms with Crippen molar-refractivity contribution in [3.63, 3.8) is 0 Å². The lowest BCUT2D eigenvalue weighted by molar-refractivity contribution is 0.669. The summed E-state index contributed by atoms with van der Waals surface area (Å²) in [6.45, 7) is 0. The molecule has 0 N–H and O–H groups in total. The molecule has 4 nitrogen and oxygen atoms in total. The molecule has 2 aliphatic carbocycles. The molecule has 0 unspecified atom stereocenters. The van der Waals surface area contributed by atoms with E-state index in [1.165, 1.54) is 58.8 Å². The van der Waals surface area contributed by atoms with E-state index in [0.717, 1.165) is 57.0 Å². The number of thiophene rings is 1. The van der Waals surface area contributed by atoms with E-state index in [2.05, 4.69) is 121 Å². The van der Waals surface area contributed by atoms with Gasteiger partial charge in [-0.1, -0.05) is 121 Å². The third-order valence-electron chi connectivity index (χ3n) is 11.2. The summed E-state index contributed by atoms with van der Waals surface area (Å²) in [6.07, 6.45) is 8.94. The van der Waals surface area contributed by atoms with Gasteiger partial charge in [-0.15, -0.1) is 11.3 Å². The Morgan fingerprint density at radius 2 is 1.30 bits per heavy atom. The van der Waals surface area contributed by atoms with Gasteiger partial charge in [-0.25, -0.2) is 15.0 Å². The molecule has 54 heavy (non-hydrogen) atoms. The van der Waals surface area contributed by atoms with E-state index in [-0.39, 0.29) is 0 Å². The van der Waals surface area contributed by atoms with Crippen LogP contribution in [0, 0.1) is 0 Å². The monoisotopic (exact) mass is 707 g/mol. The molecular formula is C49H29N3OS. The summed E-state index contributed by atoms with van der Waals surface area (Å²) in [5, 5.41) is 7.11. The second kappa shape index (κ2) is 11.4. The second-order valence-corrected chi connectivity index (χ2v) is 15.3. The lowest BCUT2D eigenvalue weighted by Gasteiger charge is -2.24. The number of aromatic nitrogens is 3. The first-order valence-electron chi connectivity index (χ1n) is 18.4. The number of furan rings is 1. The molecule has 0 saturated heterocycles. The molecule has 0 spiro atoms. The van der Waals surface area contributed by atoms with Gasteiger partial charge < -0.3 is 4.42 Å². The minimum Gasteiger partial charge on any atom is -0.456 e. The number of allylic oxidation sites excluding steroid dienone is 3. The molecule has 3 heterocycles. The third kappa shape index (κ3) is 4.39. The van der Waals surface area contributed by atoms with Crippen LogP contribution in [0.4, 0.5) is 0 Å². The first-order chi connectivity index (χ1) is 26.7. The van der Waals surface area contributed by atoms with Gasteiger partial charge in [0.25, 0.3) is 0 Å². The minimum absolute atomic E-state index is 0.616. The Hall–Kier alpha value is -6.69. The molecule has 10 aromatic rings. The maximum Gasteiger partial charge on any atom is 0.164 e. The first kappa shape index (κ1) is 29.8. The number of hydrogen-bond acceptors (Lipinski definition) is 5. The average Bonchev–Trinajstić information content (AvgIpc) is 3.81. The van der Waals surface area contributed by atoms with Gasteiger partial charge in [0.15, 0.2) is 17.5 Å². The minimum atomic E-state index is 0.616. The predicted molar refractivity (Wildman–Crippen MR) is 225 cm³/mol. The van der Waals surface area contributed by atoms with Gasteiger partial charge in [-0.05, 0) is 87.3 Å². The van der Waals surface area contributed by atoms with Crippen molar-refractivity contribution in [2.75, 3.05) is 0 Å². The molecule has 3 aromatic heterocycles. The van der Waals surface area contributed by atoms with Crippen LogP contribution in [-0.4, -0.2) is 15.0 Å². The summed E-state index contributed by atoms with van der Waals surface area (Å²) in [7, 11) is 0. The maximum absolute atomic E-state index is 6.55. The van der Waals surface area contributed by atoms with Crippen molar-refractivity contribution < 1.29 is 4.42 Å². The normalized spacial score (nSPS) is 13.4. The molecule has 0 amide bonds. The molecular weight excluding hydrogens is 679 g/mol. The standard InChI is InChI=1S/C49H29N3OS/c1-2-9-31(10-3-1)47-50-48(52-49(51-47)37-15-8-18-42-46(37)35-13-4-5-17-41(35)54-42)36-14-7-16-40-45(36)38-27-32(23-26-39(38)53-40)33-24-21-30-20-19-28-11-6-12-29-22-25-34(33)44(30)43(28)29/h1-10,12-19,21-27H,11,20H2. The van der Waals surface area contributed by atoms with Crippen molar-refractivity contribution in [3.05, 3.63) is 162 Å². The highest BCUT2D eigenvalue weighted by atomic mass is 32.1. The first-order valence-corrected chi connectivity index (χ1v) is 19.2. The lowest BCUT2D eigenvalue weighted by Crippen LogP contribution is -2.03. The van der Waals surface area contributed by atoms with Crippen LogP contribution in [0.5, 0.6) is 0 Å². The van der Waals surface area contributed by atoms with Crippen LogP contribution in [0.15, 0.2) is 150 Å². The highest BCUT2D eigenvalue weighted by Gasteiger charge is 2.23. The SMILES string of the molecule is C1=Cc2ccc3c(-c4ccc5oc6cccc(-c7nc(-c8ccccc8)nc(-c8cccc9sc%10ccccc%10c89)n7)c6c5c4)ccc4c3c2C(=CC4)C1. The number of fused-ring (bicyclic) bond motifs is 6. The fraction of sp³-hybridized carbons (Fsp3) is 0.0408. The van der Waals surface area contributed by atoms with E-state index in [0.29, 0.717) is 17.5 Å². The van der Waals surface area contributed by atoms with Gasteiger partial charge in [0, 0.05) is 47.6 Å². The zero-order chi connectivity index (χ0) is 35.3. The van der Waals surface area contributed by atoms with Crippen LogP contribution in [0.3, 0.4) is 0 Å².